The average Bonchev–Trinajstić information content (AvgIpc) is 2.15. The van der Waals surface area contributed by atoms with E-state index in [1.165, 1.54) is 6.07 Å². The van der Waals surface area contributed by atoms with E-state index in [9.17, 15) is 9.18 Å². The lowest BCUT2D eigenvalue weighted by Gasteiger charge is -2.18. The van der Waals surface area contributed by atoms with E-state index < -0.39 is 11.8 Å². The Morgan fingerprint density at radius 3 is 2.59 bits per heavy atom. The number of carboxylic acid groups (broad SMARTS) is 1. The average molecular weight is 240 g/mol. The standard InChI is InChI=1S/C13H17FO3/c1-13(2,3)6-7-17-11-8-9(14)4-5-10(11)12(15)16/h4-5,8H,6-7H2,1-3H3,(H,15,16). The predicted molar refractivity (Wildman–Crippen MR) is 62.9 cm³/mol. The molecular weight excluding hydrogens is 223 g/mol. The first-order valence-electron chi connectivity index (χ1n) is 5.45. The monoisotopic (exact) mass is 240 g/mol. The molecule has 1 aromatic carbocycles. The second kappa shape index (κ2) is 5.17. The van der Waals surface area contributed by atoms with Gasteiger partial charge < -0.3 is 9.84 Å². The van der Waals surface area contributed by atoms with Crippen LogP contribution in [-0.2, 0) is 0 Å². The van der Waals surface area contributed by atoms with Crippen LogP contribution in [0, 0.1) is 11.2 Å². The minimum atomic E-state index is -1.12. The Hall–Kier alpha value is -1.58. The largest absolute Gasteiger partial charge is 0.493 e. The molecule has 0 unspecified atom stereocenters. The van der Waals surface area contributed by atoms with Gasteiger partial charge in [0, 0.05) is 6.07 Å². The minimum Gasteiger partial charge on any atom is -0.493 e. The molecule has 4 heteroatoms. The molecule has 0 amide bonds. The van der Waals surface area contributed by atoms with E-state index >= 15 is 0 Å². The summed E-state index contributed by atoms with van der Waals surface area (Å²) in [5.41, 5.74) is 0.0804. The summed E-state index contributed by atoms with van der Waals surface area (Å²) in [6.07, 6.45) is 0.766. The second-order valence-electron chi connectivity index (χ2n) is 5.10. The molecule has 0 saturated heterocycles. The number of rotatable bonds is 4. The first-order valence-corrected chi connectivity index (χ1v) is 5.45. The fraction of sp³-hybridized carbons (Fsp3) is 0.462. The number of ether oxygens (including phenoxy) is 1. The molecule has 0 aliphatic rings. The number of aromatic carboxylic acids is 1. The third-order valence-corrected chi connectivity index (χ3v) is 2.28. The van der Waals surface area contributed by atoms with Gasteiger partial charge in [0.05, 0.1) is 6.61 Å². The first kappa shape index (κ1) is 13.5. The number of halogens is 1. The van der Waals surface area contributed by atoms with Crippen LogP contribution in [0.3, 0.4) is 0 Å². The van der Waals surface area contributed by atoms with Gasteiger partial charge in [-0.3, -0.25) is 0 Å². The molecule has 0 aliphatic carbocycles. The molecule has 1 N–H and O–H groups in total. The summed E-state index contributed by atoms with van der Waals surface area (Å²) in [7, 11) is 0. The highest BCUT2D eigenvalue weighted by Gasteiger charge is 2.14. The van der Waals surface area contributed by atoms with E-state index in [-0.39, 0.29) is 16.7 Å². The highest BCUT2D eigenvalue weighted by Crippen LogP contribution is 2.23. The van der Waals surface area contributed by atoms with Gasteiger partial charge in [-0.25, -0.2) is 9.18 Å². The molecule has 94 valence electrons. The van der Waals surface area contributed by atoms with Gasteiger partial charge >= 0.3 is 5.97 Å². The van der Waals surface area contributed by atoms with Crippen molar-refractivity contribution in [1.82, 2.24) is 0 Å². The van der Waals surface area contributed by atoms with Gasteiger partial charge in [-0.1, -0.05) is 20.8 Å². The van der Waals surface area contributed by atoms with Gasteiger partial charge in [0.15, 0.2) is 0 Å². The zero-order valence-electron chi connectivity index (χ0n) is 10.3. The molecule has 0 radical (unpaired) electrons. The van der Waals surface area contributed by atoms with E-state index in [0.717, 1.165) is 18.6 Å². The van der Waals surface area contributed by atoms with Crippen LogP contribution in [0.2, 0.25) is 0 Å². The number of carboxylic acids is 1. The molecule has 17 heavy (non-hydrogen) atoms. The van der Waals surface area contributed by atoms with Crippen LogP contribution in [0.1, 0.15) is 37.6 Å². The summed E-state index contributed by atoms with van der Waals surface area (Å²) in [5.74, 6) is -1.53. The highest BCUT2D eigenvalue weighted by molar-refractivity contribution is 5.90. The zero-order chi connectivity index (χ0) is 13.1. The van der Waals surface area contributed by atoms with Crippen molar-refractivity contribution in [2.45, 2.75) is 27.2 Å². The molecule has 0 aromatic heterocycles. The maximum atomic E-state index is 13.0. The second-order valence-corrected chi connectivity index (χ2v) is 5.10. The summed E-state index contributed by atoms with van der Waals surface area (Å²) in [4.78, 5) is 10.9. The smallest absolute Gasteiger partial charge is 0.339 e. The summed E-state index contributed by atoms with van der Waals surface area (Å²) in [6, 6.07) is 3.43. The Morgan fingerprint density at radius 1 is 1.41 bits per heavy atom. The van der Waals surface area contributed by atoms with Crippen LogP contribution in [0.15, 0.2) is 18.2 Å². The Morgan fingerprint density at radius 2 is 2.06 bits per heavy atom. The van der Waals surface area contributed by atoms with Crippen molar-refractivity contribution in [3.8, 4) is 5.75 Å². The van der Waals surface area contributed by atoms with Crippen molar-refractivity contribution in [2.24, 2.45) is 5.41 Å². The zero-order valence-corrected chi connectivity index (χ0v) is 10.3. The number of hydrogen-bond donors (Lipinski definition) is 1. The van der Waals surface area contributed by atoms with Crippen molar-refractivity contribution < 1.29 is 19.0 Å². The molecule has 0 spiro atoms. The van der Waals surface area contributed by atoms with Crippen LogP contribution >= 0.6 is 0 Å². The fourth-order valence-corrected chi connectivity index (χ4v) is 1.26. The van der Waals surface area contributed by atoms with Gasteiger partial charge in [-0.2, -0.15) is 0 Å². The van der Waals surface area contributed by atoms with Crippen molar-refractivity contribution in [3.05, 3.63) is 29.6 Å². The summed E-state index contributed by atoms with van der Waals surface area (Å²) in [6.45, 7) is 6.54. The molecule has 0 atom stereocenters. The molecule has 3 nitrogen and oxygen atoms in total. The lowest BCUT2D eigenvalue weighted by atomic mass is 9.93. The van der Waals surface area contributed by atoms with Crippen LogP contribution in [0.25, 0.3) is 0 Å². The SMILES string of the molecule is CC(C)(C)CCOc1cc(F)ccc1C(=O)O. The normalized spacial score (nSPS) is 11.3. The molecule has 1 rings (SSSR count). The molecule has 0 bridgehead atoms. The van der Waals surface area contributed by atoms with Gasteiger partial charge in [0.25, 0.3) is 0 Å². The molecule has 0 saturated carbocycles. The Balaban J connectivity index is 2.75. The van der Waals surface area contributed by atoms with Crippen LogP contribution in [-0.4, -0.2) is 17.7 Å². The van der Waals surface area contributed by atoms with Crippen molar-refractivity contribution in [2.75, 3.05) is 6.61 Å². The molecular formula is C13H17FO3. The van der Waals surface area contributed by atoms with Crippen molar-refractivity contribution in [1.29, 1.82) is 0 Å². The van der Waals surface area contributed by atoms with Gasteiger partial charge in [-0.15, -0.1) is 0 Å². The summed E-state index contributed by atoms with van der Waals surface area (Å²) < 4.78 is 18.3. The molecule has 0 heterocycles. The van der Waals surface area contributed by atoms with Gasteiger partial charge in [0.1, 0.15) is 17.1 Å². The number of benzene rings is 1. The topological polar surface area (TPSA) is 46.5 Å². The highest BCUT2D eigenvalue weighted by atomic mass is 19.1. The minimum absolute atomic E-state index is 0.0136. The Labute approximate surface area is 100 Å². The summed E-state index contributed by atoms with van der Waals surface area (Å²) >= 11 is 0. The third-order valence-electron chi connectivity index (χ3n) is 2.28. The van der Waals surface area contributed by atoms with Crippen molar-refractivity contribution >= 4 is 5.97 Å². The van der Waals surface area contributed by atoms with E-state index in [0.29, 0.717) is 6.61 Å². The lowest BCUT2D eigenvalue weighted by Crippen LogP contribution is -2.12. The Kier molecular flexibility index (Phi) is 4.10. The molecule has 1 aromatic rings. The van der Waals surface area contributed by atoms with E-state index in [2.05, 4.69) is 20.8 Å². The van der Waals surface area contributed by atoms with Crippen molar-refractivity contribution in [3.63, 3.8) is 0 Å². The van der Waals surface area contributed by atoms with E-state index in [4.69, 9.17) is 9.84 Å². The third kappa shape index (κ3) is 4.43. The van der Waals surface area contributed by atoms with Gasteiger partial charge in [-0.05, 0) is 24.0 Å². The number of carbonyl (C=O) groups is 1. The Bertz CT molecular complexity index is 408. The number of hydrogen-bond acceptors (Lipinski definition) is 2. The maximum Gasteiger partial charge on any atom is 0.339 e. The van der Waals surface area contributed by atoms with E-state index in [1.54, 1.807) is 0 Å². The van der Waals surface area contributed by atoms with Crippen LogP contribution in [0.4, 0.5) is 4.39 Å². The van der Waals surface area contributed by atoms with Crippen LogP contribution < -0.4 is 4.74 Å². The van der Waals surface area contributed by atoms with Gasteiger partial charge in [0.2, 0.25) is 0 Å². The summed E-state index contributed by atoms with van der Waals surface area (Å²) in [5, 5.41) is 8.91. The van der Waals surface area contributed by atoms with Crippen LogP contribution in [0.5, 0.6) is 5.75 Å². The lowest BCUT2D eigenvalue weighted by molar-refractivity contribution is 0.0691. The van der Waals surface area contributed by atoms with E-state index in [1.807, 2.05) is 0 Å². The predicted octanol–water partition coefficient (Wildman–Crippen LogP) is 3.34. The quantitative estimate of drug-likeness (QED) is 0.878. The maximum absolute atomic E-state index is 13.0. The molecule has 0 fully saturated rings. The fourth-order valence-electron chi connectivity index (χ4n) is 1.26. The molecule has 0 aliphatic heterocycles. The first-order chi connectivity index (χ1) is 7.79.